The highest BCUT2D eigenvalue weighted by atomic mass is 35.5. The maximum absolute atomic E-state index is 12.8. The second kappa shape index (κ2) is 4.39. The molecule has 0 fully saturated rings. The first-order chi connectivity index (χ1) is 7.58. The zero-order valence-corrected chi connectivity index (χ0v) is 9.76. The summed E-state index contributed by atoms with van der Waals surface area (Å²) in [6.45, 7) is 1.71. The van der Waals surface area contributed by atoms with E-state index in [1.807, 2.05) is 0 Å². The van der Waals surface area contributed by atoms with Gasteiger partial charge in [-0.1, -0.05) is 16.8 Å². The van der Waals surface area contributed by atoms with E-state index in [-0.39, 0.29) is 10.4 Å². The summed E-state index contributed by atoms with van der Waals surface area (Å²) >= 11 is 11.6. The van der Waals surface area contributed by atoms with E-state index in [9.17, 15) is 4.39 Å². The number of benzene rings is 1. The van der Waals surface area contributed by atoms with Crippen LogP contribution in [0.2, 0.25) is 5.02 Å². The lowest BCUT2D eigenvalue weighted by atomic mass is 10.2. The van der Waals surface area contributed by atoms with Gasteiger partial charge in [0.15, 0.2) is 0 Å². The van der Waals surface area contributed by atoms with E-state index in [2.05, 4.69) is 10.1 Å². The molecule has 3 nitrogen and oxygen atoms in total. The molecule has 1 atom stereocenters. The van der Waals surface area contributed by atoms with Gasteiger partial charge in [0.1, 0.15) is 11.2 Å². The highest BCUT2D eigenvalue weighted by molar-refractivity contribution is 6.33. The molecule has 0 radical (unpaired) electrons. The van der Waals surface area contributed by atoms with Gasteiger partial charge in [-0.2, -0.15) is 4.98 Å². The van der Waals surface area contributed by atoms with Gasteiger partial charge >= 0.3 is 0 Å². The second-order valence-electron chi connectivity index (χ2n) is 3.20. The number of rotatable bonds is 2. The van der Waals surface area contributed by atoms with Crippen LogP contribution in [-0.4, -0.2) is 10.1 Å². The molecule has 1 unspecified atom stereocenters. The molecule has 1 aromatic carbocycles. The Labute approximate surface area is 101 Å². The third-order valence-corrected chi connectivity index (χ3v) is 2.45. The maximum atomic E-state index is 12.8. The zero-order valence-electron chi connectivity index (χ0n) is 8.25. The predicted molar refractivity (Wildman–Crippen MR) is 59.0 cm³/mol. The Bertz CT molecular complexity index is 513. The van der Waals surface area contributed by atoms with Crippen molar-refractivity contribution in [3.63, 3.8) is 0 Å². The number of halogens is 3. The van der Waals surface area contributed by atoms with E-state index in [1.165, 1.54) is 18.2 Å². The van der Waals surface area contributed by atoms with Gasteiger partial charge in [0.2, 0.25) is 11.7 Å². The van der Waals surface area contributed by atoms with Gasteiger partial charge in [-0.25, -0.2) is 4.39 Å². The van der Waals surface area contributed by atoms with Crippen molar-refractivity contribution in [2.75, 3.05) is 0 Å². The van der Waals surface area contributed by atoms with Gasteiger partial charge in [-0.3, -0.25) is 0 Å². The van der Waals surface area contributed by atoms with Crippen LogP contribution in [0.5, 0.6) is 0 Å². The van der Waals surface area contributed by atoms with Crippen LogP contribution in [0.25, 0.3) is 11.4 Å². The van der Waals surface area contributed by atoms with Crippen molar-refractivity contribution in [1.29, 1.82) is 0 Å². The first-order valence-corrected chi connectivity index (χ1v) is 5.32. The molecule has 0 bridgehead atoms. The van der Waals surface area contributed by atoms with Gasteiger partial charge < -0.3 is 4.52 Å². The van der Waals surface area contributed by atoms with Crippen molar-refractivity contribution >= 4 is 23.2 Å². The summed E-state index contributed by atoms with van der Waals surface area (Å²) in [7, 11) is 0. The Balaban J connectivity index is 2.42. The van der Waals surface area contributed by atoms with E-state index < -0.39 is 5.82 Å². The largest absolute Gasteiger partial charge is 0.337 e. The Morgan fingerprint density at radius 1 is 1.44 bits per heavy atom. The van der Waals surface area contributed by atoms with Crippen LogP contribution >= 0.6 is 23.2 Å². The number of alkyl halides is 1. The zero-order chi connectivity index (χ0) is 11.7. The summed E-state index contributed by atoms with van der Waals surface area (Å²) in [6.07, 6.45) is 0. The highest BCUT2D eigenvalue weighted by Crippen LogP contribution is 2.28. The van der Waals surface area contributed by atoms with E-state index in [0.717, 1.165) is 0 Å². The topological polar surface area (TPSA) is 38.9 Å². The summed E-state index contributed by atoms with van der Waals surface area (Å²) in [5, 5.41) is 3.58. The van der Waals surface area contributed by atoms with Crippen molar-refractivity contribution in [3.8, 4) is 11.4 Å². The van der Waals surface area contributed by atoms with Crippen LogP contribution in [0.4, 0.5) is 4.39 Å². The molecule has 0 saturated heterocycles. The van der Waals surface area contributed by atoms with Crippen LogP contribution in [0.1, 0.15) is 18.2 Å². The summed E-state index contributed by atoms with van der Waals surface area (Å²) in [5.41, 5.74) is 0.510. The second-order valence-corrected chi connectivity index (χ2v) is 4.26. The van der Waals surface area contributed by atoms with Crippen LogP contribution in [-0.2, 0) is 0 Å². The SMILES string of the molecule is CC(Cl)c1nc(-c2ccc(F)cc2Cl)no1. The maximum Gasteiger partial charge on any atom is 0.244 e. The molecule has 16 heavy (non-hydrogen) atoms. The van der Waals surface area contributed by atoms with E-state index >= 15 is 0 Å². The third-order valence-electron chi connectivity index (χ3n) is 1.95. The molecular formula is C10H7Cl2FN2O. The molecule has 84 valence electrons. The van der Waals surface area contributed by atoms with Crippen molar-refractivity contribution in [3.05, 3.63) is 34.9 Å². The van der Waals surface area contributed by atoms with E-state index in [1.54, 1.807) is 6.92 Å². The molecule has 0 spiro atoms. The fourth-order valence-corrected chi connectivity index (χ4v) is 1.52. The van der Waals surface area contributed by atoms with Crippen LogP contribution in [0.3, 0.4) is 0 Å². The molecule has 2 rings (SSSR count). The quantitative estimate of drug-likeness (QED) is 0.771. The lowest BCUT2D eigenvalue weighted by molar-refractivity contribution is 0.379. The summed E-state index contributed by atoms with van der Waals surface area (Å²) in [6, 6.07) is 3.96. The molecule has 1 heterocycles. The molecule has 6 heteroatoms. The van der Waals surface area contributed by atoms with Crippen molar-refractivity contribution in [2.45, 2.75) is 12.3 Å². The predicted octanol–water partition coefficient (Wildman–Crippen LogP) is 3.83. The summed E-state index contributed by atoms with van der Waals surface area (Å²) < 4.78 is 17.7. The number of hydrogen-bond acceptors (Lipinski definition) is 3. The fraction of sp³-hybridized carbons (Fsp3) is 0.200. The van der Waals surface area contributed by atoms with Gasteiger partial charge in [0.25, 0.3) is 0 Å². The fourth-order valence-electron chi connectivity index (χ4n) is 1.18. The molecule has 0 saturated carbocycles. The average Bonchev–Trinajstić information content (AvgIpc) is 2.66. The van der Waals surface area contributed by atoms with Crippen LogP contribution in [0.15, 0.2) is 22.7 Å². The third kappa shape index (κ3) is 2.18. The van der Waals surface area contributed by atoms with Crippen molar-refractivity contribution < 1.29 is 8.91 Å². The van der Waals surface area contributed by atoms with Crippen molar-refractivity contribution in [2.24, 2.45) is 0 Å². The normalized spacial score (nSPS) is 12.8. The number of nitrogens with zero attached hydrogens (tertiary/aromatic N) is 2. The lowest BCUT2D eigenvalue weighted by Gasteiger charge is -1.97. The molecule has 0 aliphatic rings. The van der Waals surface area contributed by atoms with Crippen molar-refractivity contribution in [1.82, 2.24) is 10.1 Å². The van der Waals surface area contributed by atoms with Gasteiger partial charge in [-0.15, -0.1) is 11.6 Å². The number of hydrogen-bond donors (Lipinski definition) is 0. The average molecular weight is 261 g/mol. The van der Waals surface area contributed by atoms with Crippen LogP contribution in [0, 0.1) is 5.82 Å². The minimum atomic E-state index is -0.414. The monoisotopic (exact) mass is 260 g/mol. The Morgan fingerprint density at radius 3 is 2.75 bits per heavy atom. The van der Waals surface area contributed by atoms with Gasteiger partial charge in [0, 0.05) is 5.56 Å². The smallest absolute Gasteiger partial charge is 0.244 e. The minimum absolute atomic E-state index is 0.231. The molecule has 2 aromatic rings. The van der Waals surface area contributed by atoms with E-state index in [4.69, 9.17) is 27.7 Å². The lowest BCUT2D eigenvalue weighted by Crippen LogP contribution is -1.86. The van der Waals surface area contributed by atoms with Crippen LogP contribution < -0.4 is 0 Å². The summed E-state index contributed by atoms with van der Waals surface area (Å²) in [5.74, 6) is 0.188. The molecule has 1 aromatic heterocycles. The molecule has 0 aliphatic carbocycles. The molecule has 0 N–H and O–H groups in total. The van der Waals surface area contributed by atoms with Gasteiger partial charge in [-0.05, 0) is 25.1 Å². The highest BCUT2D eigenvalue weighted by Gasteiger charge is 2.15. The number of aromatic nitrogens is 2. The Morgan fingerprint density at radius 2 is 2.19 bits per heavy atom. The first kappa shape index (κ1) is 11.4. The molecule has 0 amide bonds. The standard InChI is InChI=1S/C10H7Cl2FN2O/c1-5(11)10-14-9(15-16-10)7-3-2-6(13)4-8(7)12/h2-5H,1H3. The Hall–Kier alpha value is -1.13. The minimum Gasteiger partial charge on any atom is -0.337 e. The molecular weight excluding hydrogens is 254 g/mol. The van der Waals surface area contributed by atoms with Gasteiger partial charge in [0.05, 0.1) is 5.02 Å². The molecule has 0 aliphatic heterocycles. The summed E-state index contributed by atoms with van der Waals surface area (Å²) in [4.78, 5) is 4.05. The van der Waals surface area contributed by atoms with E-state index in [0.29, 0.717) is 17.3 Å². The first-order valence-electron chi connectivity index (χ1n) is 4.51. The Kier molecular flexibility index (Phi) is 3.12.